The van der Waals surface area contributed by atoms with Crippen LogP contribution in [0.5, 0.6) is 11.6 Å². The van der Waals surface area contributed by atoms with Crippen molar-refractivity contribution in [3.63, 3.8) is 0 Å². The van der Waals surface area contributed by atoms with Crippen molar-refractivity contribution < 1.29 is 24.1 Å². The van der Waals surface area contributed by atoms with E-state index in [1.807, 2.05) is 45.2 Å². The summed E-state index contributed by atoms with van der Waals surface area (Å²) in [7, 11) is 0. The SMILES string of the molecule is CC(C)(C)OC(=O)N1CCC(OC2CCC(Oc3cc(N4C5CCC4CN(c4cc(-c6ccccc6O)nnc4N)C5)ccn3)CC2)CC1. The topological polar surface area (TPSA) is 139 Å². The van der Waals surface area contributed by atoms with Gasteiger partial charge < -0.3 is 39.8 Å². The van der Waals surface area contributed by atoms with Crippen LogP contribution in [-0.2, 0) is 9.47 Å². The standard InChI is InChI=1S/C37H49N7O5/c1-37(2,3)49-36(46)42-18-15-29(16-19-42)47-27-10-12-28(13-11-27)48-34-20-24(14-17-39-34)44-25-8-9-26(44)23-43(22-25)32-21-31(40-41-35(32)38)30-6-4-5-7-33(30)45/h4-7,14,17,20-21,25-29,45H,8-13,15-16,18-19,22-23H2,1-3H3,(H2,38,41). The van der Waals surface area contributed by atoms with Gasteiger partial charge in [-0.3, -0.25) is 0 Å². The Morgan fingerprint density at radius 2 is 1.55 bits per heavy atom. The number of aromatic hydroxyl groups is 1. The Hall–Kier alpha value is -4.32. The van der Waals surface area contributed by atoms with Gasteiger partial charge >= 0.3 is 6.09 Å². The zero-order chi connectivity index (χ0) is 34.1. The minimum absolute atomic E-state index is 0.116. The van der Waals surface area contributed by atoms with Crippen molar-refractivity contribution in [1.29, 1.82) is 0 Å². The minimum Gasteiger partial charge on any atom is -0.507 e. The van der Waals surface area contributed by atoms with E-state index in [1.165, 1.54) is 0 Å². The molecule has 0 radical (unpaired) electrons. The van der Waals surface area contributed by atoms with E-state index in [2.05, 4.69) is 37.1 Å². The Bertz CT molecular complexity index is 1600. The highest BCUT2D eigenvalue weighted by molar-refractivity contribution is 5.74. The Balaban J connectivity index is 0.912. The molecule has 49 heavy (non-hydrogen) atoms. The largest absolute Gasteiger partial charge is 0.507 e. The molecule has 2 aromatic heterocycles. The van der Waals surface area contributed by atoms with E-state index in [0.29, 0.717) is 48.1 Å². The van der Waals surface area contributed by atoms with E-state index in [4.69, 9.17) is 19.9 Å². The number of carbonyl (C=O) groups is 1. The van der Waals surface area contributed by atoms with Crippen LogP contribution in [0.3, 0.4) is 0 Å². The van der Waals surface area contributed by atoms with Gasteiger partial charge in [0.1, 0.15) is 17.5 Å². The number of para-hydroxylation sites is 1. The van der Waals surface area contributed by atoms with Crippen LogP contribution < -0.4 is 20.3 Å². The third kappa shape index (κ3) is 7.64. The summed E-state index contributed by atoms with van der Waals surface area (Å²) >= 11 is 0. The Kier molecular flexibility index (Phi) is 9.41. The van der Waals surface area contributed by atoms with Crippen LogP contribution in [0.25, 0.3) is 11.3 Å². The van der Waals surface area contributed by atoms with Crippen LogP contribution in [0.1, 0.15) is 72.1 Å². The van der Waals surface area contributed by atoms with Gasteiger partial charge in [-0.1, -0.05) is 12.1 Å². The van der Waals surface area contributed by atoms with Gasteiger partial charge in [-0.2, -0.15) is 0 Å². The number of nitrogens with zero attached hydrogens (tertiary/aromatic N) is 6. The second-order valence-corrected chi connectivity index (χ2v) is 14.9. The molecule has 12 heteroatoms. The maximum atomic E-state index is 12.4. The number of rotatable bonds is 7. The van der Waals surface area contributed by atoms with E-state index < -0.39 is 5.60 Å². The monoisotopic (exact) mass is 671 g/mol. The second kappa shape index (κ2) is 13.9. The number of piperidine rings is 1. The summed E-state index contributed by atoms with van der Waals surface area (Å²) in [5, 5.41) is 18.9. The Labute approximate surface area is 288 Å². The lowest BCUT2D eigenvalue weighted by Gasteiger charge is -2.43. The molecule has 2 bridgehead atoms. The zero-order valence-electron chi connectivity index (χ0n) is 28.8. The van der Waals surface area contributed by atoms with Crippen LogP contribution in [0, 0.1) is 0 Å². The number of likely N-dealkylation sites (tertiary alicyclic amines) is 1. The lowest BCUT2D eigenvalue weighted by molar-refractivity contribution is -0.0678. The molecule has 1 aromatic carbocycles. The van der Waals surface area contributed by atoms with Crippen molar-refractivity contribution >= 4 is 23.3 Å². The molecule has 1 saturated carbocycles. The number of ether oxygens (including phenoxy) is 3. The predicted molar refractivity (Wildman–Crippen MR) is 188 cm³/mol. The number of hydrogen-bond acceptors (Lipinski definition) is 11. The first-order valence-electron chi connectivity index (χ1n) is 17.8. The lowest BCUT2D eigenvalue weighted by Crippen LogP contribution is -2.54. The summed E-state index contributed by atoms with van der Waals surface area (Å²) in [6.07, 6.45) is 9.80. The van der Waals surface area contributed by atoms with Crippen LogP contribution >= 0.6 is 0 Å². The van der Waals surface area contributed by atoms with Crippen molar-refractivity contribution in [2.75, 3.05) is 41.7 Å². The van der Waals surface area contributed by atoms with Crippen molar-refractivity contribution in [1.82, 2.24) is 20.1 Å². The number of fused-ring (bicyclic) bond motifs is 2. The molecule has 12 nitrogen and oxygen atoms in total. The smallest absolute Gasteiger partial charge is 0.410 e. The van der Waals surface area contributed by atoms with Crippen LogP contribution in [-0.4, -0.2) is 93.5 Å². The van der Waals surface area contributed by atoms with Crippen molar-refractivity contribution in [3.8, 4) is 22.9 Å². The third-order valence-electron chi connectivity index (χ3n) is 10.2. The number of pyridine rings is 1. The summed E-state index contributed by atoms with van der Waals surface area (Å²) < 4.78 is 18.5. The van der Waals surface area contributed by atoms with Crippen molar-refractivity contribution in [2.45, 2.75) is 108 Å². The number of hydrogen-bond donors (Lipinski definition) is 2. The summed E-state index contributed by atoms with van der Waals surface area (Å²) in [6, 6.07) is 13.9. The van der Waals surface area contributed by atoms with Gasteiger partial charge in [-0.15, -0.1) is 10.2 Å². The van der Waals surface area contributed by atoms with E-state index in [9.17, 15) is 9.90 Å². The summed E-state index contributed by atoms with van der Waals surface area (Å²) in [4.78, 5) is 23.6. The fraction of sp³-hybridized carbons (Fsp3) is 0.568. The average molecular weight is 672 g/mol. The number of aromatic nitrogens is 3. The van der Waals surface area contributed by atoms with Gasteiger partial charge in [-0.05, 0) is 96.4 Å². The number of piperazine rings is 1. The van der Waals surface area contributed by atoms with Crippen LogP contribution in [0.4, 0.5) is 22.0 Å². The number of anilines is 3. The number of phenols is 1. The van der Waals surface area contributed by atoms with Crippen LogP contribution in [0.2, 0.25) is 0 Å². The zero-order valence-corrected chi connectivity index (χ0v) is 28.8. The van der Waals surface area contributed by atoms with Gasteiger partial charge in [0.25, 0.3) is 0 Å². The second-order valence-electron chi connectivity index (χ2n) is 14.9. The van der Waals surface area contributed by atoms with E-state index in [1.54, 1.807) is 17.0 Å². The lowest BCUT2D eigenvalue weighted by atomic mass is 9.94. The molecule has 5 heterocycles. The first-order chi connectivity index (χ1) is 23.6. The molecule has 3 saturated heterocycles. The third-order valence-corrected chi connectivity index (χ3v) is 10.2. The minimum atomic E-state index is -0.479. The summed E-state index contributed by atoms with van der Waals surface area (Å²) in [6.45, 7) is 8.67. The molecule has 4 fully saturated rings. The first-order valence-corrected chi connectivity index (χ1v) is 17.8. The molecule has 3 aromatic rings. The molecule has 3 aliphatic heterocycles. The maximum Gasteiger partial charge on any atom is 0.410 e. The fourth-order valence-corrected chi connectivity index (χ4v) is 7.84. The van der Waals surface area contributed by atoms with E-state index in [0.717, 1.165) is 75.8 Å². The molecule has 0 spiro atoms. The number of carbonyl (C=O) groups excluding carboxylic acids is 1. The Morgan fingerprint density at radius 3 is 2.24 bits per heavy atom. The number of phenolic OH excluding ortho intramolecular Hbond substituents is 1. The van der Waals surface area contributed by atoms with E-state index in [-0.39, 0.29) is 30.2 Å². The maximum absolute atomic E-state index is 12.4. The fourth-order valence-electron chi connectivity index (χ4n) is 7.84. The number of benzene rings is 1. The Morgan fingerprint density at radius 1 is 0.878 bits per heavy atom. The average Bonchev–Trinajstić information content (AvgIpc) is 3.35. The van der Waals surface area contributed by atoms with Gasteiger partial charge in [0.05, 0.1) is 23.6 Å². The molecular formula is C37H49N7O5. The molecule has 2 atom stereocenters. The van der Waals surface area contributed by atoms with Crippen molar-refractivity contribution in [3.05, 3.63) is 48.7 Å². The predicted octanol–water partition coefficient (Wildman–Crippen LogP) is 5.79. The number of amides is 1. The molecular weight excluding hydrogens is 622 g/mol. The van der Waals surface area contributed by atoms with Gasteiger partial charge in [0.15, 0.2) is 5.82 Å². The normalized spacial score (nSPS) is 24.6. The first kappa shape index (κ1) is 33.2. The van der Waals surface area contributed by atoms with Gasteiger partial charge in [0, 0.05) is 61.8 Å². The highest BCUT2D eigenvalue weighted by atomic mass is 16.6. The highest BCUT2D eigenvalue weighted by Gasteiger charge is 2.41. The highest BCUT2D eigenvalue weighted by Crippen LogP contribution is 2.40. The number of nitrogens with two attached hydrogens (primary N) is 1. The van der Waals surface area contributed by atoms with Crippen LogP contribution in [0.15, 0.2) is 48.7 Å². The van der Waals surface area contributed by atoms with Gasteiger partial charge in [0.2, 0.25) is 5.88 Å². The summed E-state index contributed by atoms with van der Waals surface area (Å²) in [5.41, 5.74) is 9.11. The molecule has 3 N–H and O–H groups in total. The molecule has 1 amide bonds. The summed E-state index contributed by atoms with van der Waals surface area (Å²) in [5.74, 6) is 1.24. The van der Waals surface area contributed by atoms with Gasteiger partial charge in [-0.25, -0.2) is 9.78 Å². The molecule has 7 rings (SSSR count). The van der Waals surface area contributed by atoms with Crippen molar-refractivity contribution in [2.24, 2.45) is 0 Å². The van der Waals surface area contributed by atoms with E-state index >= 15 is 0 Å². The number of nitrogen functional groups attached to an aromatic ring is 1. The molecule has 2 unspecified atom stereocenters. The molecule has 1 aliphatic carbocycles. The molecule has 4 aliphatic rings. The quantitative estimate of drug-likeness (QED) is 0.316. The molecule has 262 valence electrons.